The number of hydrogen-bond donors (Lipinski definition) is 2. The van der Waals surface area contributed by atoms with Crippen LogP contribution in [0.25, 0.3) is 5.70 Å². The van der Waals surface area contributed by atoms with Crippen molar-refractivity contribution in [1.82, 2.24) is 15.1 Å². The van der Waals surface area contributed by atoms with Gasteiger partial charge in [-0.25, -0.2) is 4.68 Å². The Morgan fingerprint density at radius 3 is 2.51 bits per heavy atom. The molecular formula is C26H40BrClN4O3. The van der Waals surface area contributed by atoms with Gasteiger partial charge in [0.25, 0.3) is 5.91 Å². The monoisotopic (exact) mass is 570 g/mol. The molecule has 7 nitrogen and oxygen atoms in total. The number of ether oxygens (including phenoxy) is 2. The Balaban J connectivity index is 0.00000114. The summed E-state index contributed by atoms with van der Waals surface area (Å²) in [6.07, 6.45) is 5.36. The molecule has 0 saturated heterocycles. The lowest BCUT2D eigenvalue weighted by Gasteiger charge is -2.28. The summed E-state index contributed by atoms with van der Waals surface area (Å²) in [4.78, 5) is 12.5. The highest BCUT2D eigenvalue weighted by atomic mass is 79.9. The molecule has 0 saturated carbocycles. The van der Waals surface area contributed by atoms with Gasteiger partial charge in [-0.05, 0) is 40.0 Å². The molecule has 0 radical (unpaired) electrons. The van der Waals surface area contributed by atoms with Crippen LogP contribution in [-0.4, -0.2) is 43.1 Å². The van der Waals surface area contributed by atoms with E-state index in [0.29, 0.717) is 28.4 Å². The first-order chi connectivity index (χ1) is 16.9. The Morgan fingerprint density at radius 2 is 1.91 bits per heavy atom. The number of rotatable bonds is 9. The van der Waals surface area contributed by atoms with Crippen molar-refractivity contribution in [2.24, 2.45) is 0 Å². The Morgan fingerprint density at radius 1 is 1.23 bits per heavy atom. The molecule has 1 atom stereocenters. The summed E-state index contributed by atoms with van der Waals surface area (Å²) in [6, 6.07) is 5.56. The molecule has 2 heterocycles. The van der Waals surface area contributed by atoms with Crippen molar-refractivity contribution >= 4 is 44.8 Å². The molecule has 0 spiro atoms. The van der Waals surface area contributed by atoms with Crippen LogP contribution in [0.2, 0.25) is 5.02 Å². The highest BCUT2D eigenvalue weighted by Crippen LogP contribution is 2.41. The number of amides is 1. The van der Waals surface area contributed by atoms with Gasteiger partial charge >= 0.3 is 0 Å². The van der Waals surface area contributed by atoms with Gasteiger partial charge in [0.1, 0.15) is 11.3 Å². The first-order valence-electron chi connectivity index (χ1n) is 12.2. The van der Waals surface area contributed by atoms with Gasteiger partial charge in [-0.1, -0.05) is 65.1 Å². The molecule has 1 aliphatic rings. The number of anilines is 1. The van der Waals surface area contributed by atoms with E-state index in [2.05, 4.69) is 58.5 Å². The fourth-order valence-corrected chi connectivity index (χ4v) is 4.17. The molecule has 0 bridgehead atoms. The van der Waals surface area contributed by atoms with E-state index in [4.69, 9.17) is 21.1 Å². The molecule has 1 aromatic carbocycles. The van der Waals surface area contributed by atoms with Gasteiger partial charge in [0.2, 0.25) is 0 Å². The number of benzene rings is 1. The molecule has 0 unspecified atom stereocenters. The molecule has 2 aromatic rings. The normalized spacial score (nSPS) is 13.9. The smallest absolute Gasteiger partial charge is 0.253 e. The van der Waals surface area contributed by atoms with Crippen molar-refractivity contribution in [3.05, 3.63) is 50.7 Å². The predicted octanol–water partition coefficient (Wildman–Crippen LogP) is 7.07. The molecule has 1 amide bonds. The number of carbonyl (C=O) groups excluding carboxylic acids is 1. The molecule has 0 aliphatic carbocycles. The van der Waals surface area contributed by atoms with E-state index in [0.717, 1.165) is 35.5 Å². The van der Waals surface area contributed by atoms with Crippen molar-refractivity contribution < 1.29 is 14.3 Å². The lowest BCUT2D eigenvalue weighted by atomic mass is 9.87. The standard InChI is InChI=1S/C21H26BrClN4O3.C3H8.C2H6/c1-4-5-13-8-17(18-11-19(22)26-27(18)12-30-7-6-29-3)25-20-15(13)9-14(23)10-16(20)21(28)24-2;1-3-2;1-2/h8-11,13,25H,4-7,12H2,1-3H3,(H,24,28);3H2,1-2H3;1-2H3/t13-;;/m1../s1. The number of carbonyl (C=O) groups is 1. The van der Waals surface area contributed by atoms with Gasteiger partial charge in [0.15, 0.2) is 0 Å². The molecule has 3 rings (SSSR count). The van der Waals surface area contributed by atoms with Gasteiger partial charge in [0.05, 0.1) is 35.9 Å². The summed E-state index contributed by atoms with van der Waals surface area (Å²) >= 11 is 9.80. The van der Waals surface area contributed by atoms with Gasteiger partial charge in [0, 0.05) is 31.2 Å². The highest BCUT2D eigenvalue weighted by molar-refractivity contribution is 9.10. The SMILES string of the molecule is CC.CCC.CCC[C@@H]1C=C(c2cc(Br)nn2COCCOC)Nc2c(C(=O)NC)cc(Cl)cc21. The molecule has 0 fully saturated rings. The van der Waals surface area contributed by atoms with E-state index < -0.39 is 0 Å². The summed E-state index contributed by atoms with van der Waals surface area (Å²) in [6.45, 7) is 11.7. The Labute approximate surface area is 223 Å². The summed E-state index contributed by atoms with van der Waals surface area (Å²) in [5, 5.41) is 11.2. The van der Waals surface area contributed by atoms with Crippen molar-refractivity contribution in [3.8, 4) is 0 Å². The third kappa shape index (κ3) is 8.94. The number of aromatic nitrogens is 2. The number of allylic oxidation sites excluding steroid dienone is 1. The fraction of sp³-hybridized carbons (Fsp3) is 0.538. The highest BCUT2D eigenvalue weighted by Gasteiger charge is 2.27. The maximum atomic E-state index is 12.5. The second kappa shape index (κ2) is 16.7. The first-order valence-corrected chi connectivity index (χ1v) is 13.4. The van der Waals surface area contributed by atoms with Crippen LogP contribution < -0.4 is 10.6 Å². The Kier molecular flexibility index (Phi) is 14.9. The molecule has 2 N–H and O–H groups in total. The minimum absolute atomic E-state index is 0.125. The van der Waals surface area contributed by atoms with Gasteiger partial charge in [-0.15, -0.1) is 0 Å². The van der Waals surface area contributed by atoms with E-state index in [1.54, 1.807) is 24.9 Å². The maximum Gasteiger partial charge on any atom is 0.253 e. The summed E-state index contributed by atoms with van der Waals surface area (Å²) in [7, 11) is 3.25. The number of halogens is 2. The van der Waals surface area contributed by atoms with Crippen LogP contribution >= 0.6 is 27.5 Å². The lowest BCUT2D eigenvalue weighted by molar-refractivity contribution is 0.0284. The van der Waals surface area contributed by atoms with E-state index >= 15 is 0 Å². The predicted molar refractivity (Wildman–Crippen MR) is 149 cm³/mol. The quantitative estimate of drug-likeness (QED) is 0.315. The van der Waals surface area contributed by atoms with Crippen LogP contribution in [0.5, 0.6) is 0 Å². The minimum Gasteiger partial charge on any atom is -0.382 e. The number of methoxy groups -OCH3 is 1. The molecular weight excluding hydrogens is 532 g/mol. The molecule has 1 aromatic heterocycles. The fourth-order valence-electron chi connectivity index (χ4n) is 3.53. The summed E-state index contributed by atoms with van der Waals surface area (Å²) in [5.74, 6) is -0.0600. The van der Waals surface area contributed by atoms with Crippen molar-refractivity contribution in [3.63, 3.8) is 0 Å². The van der Waals surface area contributed by atoms with Crippen LogP contribution in [0.1, 0.15) is 81.4 Å². The largest absolute Gasteiger partial charge is 0.382 e. The number of nitrogens with one attached hydrogen (secondary N) is 2. The Bertz CT molecular complexity index is 962. The zero-order chi connectivity index (χ0) is 26.4. The number of nitrogens with zero attached hydrogens (tertiary/aromatic N) is 2. The summed E-state index contributed by atoms with van der Waals surface area (Å²) < 4.78 is 13.2. The first kappa shape index (κ1) is 31.2. The molecule has 196 valence electrons. The van der Waals surface area contributed by atoms with Gasteiger partial charge < -0.3 is 20.1 Å². The average molecular weight is 572 g/mol. The summed E-state index contributed by atoms with van der Waals surface area (Å²) in [5.41, 5.74) is 4.06. The topological polar surface area (TPSA) is 77.4 Å². The van der Waals surface area contributed by atoms with Crippen LogP contribution in [0.3, 0.4) is 0 Å². The lowest BCUT2D eigenvalue weighted by Crippen LogP contribution is -2.23. The van der Waals surface area contributed by atoms with Crippen molar-refractivity contribution in [1.29, 1.82) is 0 Å². The van der Waals surface area contributed by atoms with Crippen LogP contribution in [0.4, 0.5) is 5.69 Å². The molecule has 9 heteroatoms. The van der Waals surface area contributed by atoms with Crippen molar-refractivity contribution in [2.75, 3.05) is 32.7 Å². The van der Waals surface area contributed by atoms with Crippen molar-refractivity contribution in [2.45, 2.75) is 66.5 Å². The molecule has 35 heavy (non-hydrogen) atoms. The third-order valence-corrected chi connectivity index (χ3v) is 5.51. The Hall–Kier alpha value is -1.87. The average Bonchev–Trinajstić information content (AvgIpc) is 3.23. The van der Waals surface area contributed by atoms with Gasteiger partial charge in [-0.2, -0.15) is 5.10 Å². The van der Waals surface area contributed by atoms with Crippen LogP contribution in [0.15, 0.2) is 28.9 Å². The van der Waals surface area contributed by atoms with Crippen LogP contribution in [0, 0.1) is 0 Å². The molecule has 1 aliphatic heterocycles. The van der Waals surface area contributed by atoms with E-state index in [1.807, 2.05) is 26.0 Å². The third-order valence-electron chi connectivity index (χ3n) is 4.90. The van der Waals surface area contributed by atoms with E-state index in [9.17, 15) is 4.79 Å². The van der Waals surface area contributed by atoms with E-state index in [-0.39, 0.29) is 18.6 Å². The van der Waals surface area contributed by atoms with E-state index in [1.165, 1.54) is 6.42 Å². The maximum absolute atomic E-state index is 12.5. The zero-order valence-corrected chi connectivity index (χ0v) is 24.3. The van der Waals surface area contributed by atoms with Gasteiger partial charge in [-0.3, -0.25) is 4.79 Å². The number of fused-ring (bicyclic) bond motifs is 1. The number of hydrogen-bond acceptors (Lipinski definition) is 5. The second-order valence-electron chi connectivity index (χ2n) is 7.69. The zero-order valence-electron chi connectivity index (χ0n) is 22.0. The second-order valence-corrected chi connectivity index (χ2v) is 8.94. The minimum atomic E-state index is -0.185. The van der Waals surface area contributed by atoms with Crippen LogP contribution in [-0.2, 0) is 16.2 Å².